The average molecular weight is 277 g/mol. The van der Waals surface area contributed by atoms with Crippen molar-refractivity contribution in [3.63, 3.8) is 0 Å². The van der Waals surface area contributed by atoms with Crippen LogP contribution in [0, 0.1) is 0 Å². The third-order valence-corrected chi connectivity index (χ3v) is 3.37. The second-order valence-corrected chi connectivity index (χ2v) is 4.75. The zero-order valence-electron chi connectivity index (χ0n) is 10.9. The van der Waals surface area contributed by atoms with Crippen LogP contribution in [0.5, 0.6) is 0 Å². The fourth-order valence-electron chi connectivity index (χ4n) is 1.67. The van der Waals surface area contributed by atoms with Gasteiger partial charge in [0.05, 0.1) is 13.2 Å². The van der Waals surface area contributed by atoms with Gasteiger partial charge in [-0.05, 0) is 18.6 Å². The highest BCUT2D eigenvalue weighted by Crippen LogP contribution is 2.25. The zero-order chi connectivity index (χ0) is 13.7. The van der Waals surface area contributed by atoms with Crippen molar-refractivity contribution in [1.29, 1.82) is 0 Å². The van der Waals surface area contributed by atoms with Gasteiger partial charge in [0, 0.05) is 18.1 Å². The van der Waals surface area contributed by atoms with E-state index in [1.807, 2.05) is 24.3 Å². The maximum atomic E-state index is 11.6. The molecule has 0 unspecified atom stereocenters. The van der Waals surface area contributed by atoms with Crippen LogP contribution >= 0.6 is 11.3 Å². The molecule has 5 heteroatoms. The Balaban J connectivity index is 2.22. The summed E-state index contributed by atoms with van der Waals surface area (Å²) < 4.78 is 10.0. The number of nitrogens with zero attached hydrogens (tertiary/aromatic N) is 1. The van der Waals surface area contributed by atoms with Gasteiger partial charge >= 0.3 is 5.97 Å². The van der Waals surface area contributed by atoms with E-state index in [-0.39, 0.29) is 5.97 Å². The van der Waals surface area contributed by atoms with E-state index in [9.17, 15) is 4.79 Å². The molecule has 0 amide bonds. The predicted molar refractivity (Wildman–Crippen MR) is 74.2 cm³/mol. The summed E-state index contributed by atoms with van der Waals surface area (Å²) in [6.45, 7) is 2.69. The van der Waals surface area contributed by atoms with Gasteiger partial charge in [0.1, 0.15) is 5.01 Å². The molecule has 1 aromatic carbocycles. The molecular formula is C14H15NO3S. The van der Waals surface area contributed by atoms with E-state index < -0.39 is 0 Å². The van der Waals surface area contributed by atoms with Crippen LogP contribution in [-0.2, 0) is 16.1 Å². The zero-order valence-corrected chi connectivity index (χ0v) is 11.7. The van der Waals surface area contributed by atoms with Gasteiger partial charge in [0.15, 0.2) is 5.69 Å². The Morgan fingerprint density at radius 3 is 3.00 bits per heavy atom. The smallest absolute Gasteiger partial charge is 0.357 e. The van der Waals surface area contributed by atoms with Crippen LogP contribution in [0.4, 0.5) is 0 Å². The molecule has 0 atom stereocenters. The van der Waals surface area contributed by atoms with Crippen molar-refractivity contribution in [3.05, 3.63) is 40.9 Å². The lowest BCUT2D eigenvalue weighted by molar-refractivity contribution is 0.0520. The standard InChI is InChI=1S/C14H15NO3S/c1-3-18-14(16)12-9-19-13(15-12)11-6-4-5-10(7-11)8-17-2/h4-7,9H,3,8H2,1-2H3. The first-order valence-electron chi connectivity index (χ1n) is 5.95. The number of carbonyl (C=O) groups is 1. The lowest BCUT2D eigenvalue weighted by Gasteiger charge is -2.02. The summed E-state index contributed by atoms with van der Waals surface area (Å²) in [6.07, 6.45) is 0. The molecule has 100 valence electrons. The molecule has 2 rings (SSSR count). The van der Waals surface area contributed by atoms with E-state index in [4.69, 9.17) is 9.47 Å². The van der Waals surface area contributed by atoms with Crippen LogP contribution in [0.1, 0.15) is 23.0 Å². The maximum absolute atomic E-state index is 11.6. The normalized spacial score (nSPS) is 10.4. The van der Waals surface area contributed by atoms with Crippen molar-refractivity contribution < 1.29 is 14.3 Å². The molecule has 0 N–H and O–H groups in total. The van der Waals surface area contributed by atoms with Crippen molar-refractivity contribution in [2.45, 2.75) is 13.5 Å². The van der Waals surface area contributed by atoms with E-state index in [1.165, 1.54) is 11.3 Å². The number of esters is 1. The largest absolute Gasteiger partial charge is 0.461 e. The Kier molecular flexibility index (Phi) is 4.65. The van der Waals surface area contributed by atoms with Gasteiger partial charge < -0.3 is 9.47 Å². The van der Waals surface area contributed by atoms with Crippen LogP contribution in [0.2, 0.25) is 0 Å². The van der Waals surface area contributed by atoms with E-state index in [0.717, 1.165) is 16.1 Å². The molecular weight excluding hydrogens is 262 g/mol. The minimum absolute atomic E-state index is 0.356. The third-order valence-electron chi connectivity index (χ3n) is 2.47. The number of hydrogen-bond acceptors (Lipinski definition) is 5. The monoisotopic (exact) mass is 277 g/mol. The van der Waals surface area contributed by atoms with E-state index >= 15 is 0 Å². The lowest BCUT2D eigenvalue weighted by Crippen LogP contribution is -2.04. The van der Waals surface area contributed by atoms with E-state index in [2.05, 4.69) is 4.98 Å². The number of benzene rings is 1. The summed E-state index contributed by atoms with van der Waals surface area (Å²) in [4.78, 5) is 15.9. The highest BCUT2D eigenvalue weighted by Gasteiger charge is 2.12. The summed E-state index contributed by atoms with van der Waals surface area (Å²) in [7, 11) is 1.66. The van der Waals surface area contributed by atoms with Gasteiger partial charge in [0.2, 0.25) is 0 Å². The van der Waals surface area contributed by atoms with Crippen LogP contribution < -0.4 is 0 Å². The van der Waals surface area contributed by atoms with Gasteiger partial charge in [-0.2, -0.15) is 0 Å². The van der Waals surface area contributed by atoms with Crippen molar-refractivity contribution in [2.75, 3.05) is 13.7 Å². The summed E-state index contributed by atoms with van der Waals surface area (Å²) >= 11 is 1.43. The molecule has 19 heavy (non-hydrogen) atoms. The van der Waals surface area contributed by atoms with Crippen molar-refractivity contribution in [1.82, 2.24) is 4.98 Å². The van der Waals surface area contributed by atoms with Gasteiger partial charge in [-0.15, -0.1) is 11.3 Å². The quantitative estimate of drug-likeness (QED) is 0.788. The topological polar surface area (TPSA) is 48.4 Å². The van der Waals surface area contributed by atoms with Gasteiger partial charge in [-0.1, -0.05) is 18.2 Å². The van der Waals surface area contributed by atoms with Crippen molar-refractivity contribution >= 4 is 17.3 Å². The maximum Gasteiger partial charge on any atom is 0.357 e. The molecule has 4 nitrogen and oxygen atoms in total. The second kappa shape index (κ2) is 6.45. The SMILES string of the molecule is CCOC(=O)c1csc(-c2cccc(COC)c2)n1. The summed E-state index contributed by atoms with van der Waals surface area (Å²) in [5, 5.41) is 2.53. The molecule has 0 saturated carbocycles. The Hall–Kier alpha value is -1.72. The summed E-state index contributed by atoms with van der Waals surface area (Å²) in [5.41, 5.74) is 2.42. The number of aromatic nitrogens is 1. The fraction of sp³-hybridized carbons (Fsp3) is 0.286. The first-order valence-corrected chi connectivity index (χ1v) is 6.83. The van der Waals surface area contributed by atoms with Crippen LogP contribution in [0.15, 0.2) is 29.6 Å². The van der Waals surface area contributed by atoms with Gasteiger partial charge in [-0.25, -0.2) is 9.78 Å². The minimum atomic E-state index is -0.377. The second-order valence-electron chi connectivity index (χ2n) is 3.89. The summed E-state index contributed by atoms with van der Waals surface area (Å²) in [6, 6.07) is 7.92. The molecule has 0 saturated heterocycles. The minimum Gasteiger partial charge on any atom is -0.461 e. The highest BCUT2D eigenvalue weighted by molar-refractivity contribution is 7.13. The Morgan fingerprint density at radius 1 is 1.42 bits per heavy atom. The number of rotatable bonds is 5. The number of carbonyl (C=O) groups excluding carboxylic acids is 1. The molecule has 0 spiro atoms. The van der Waals surface area contributed by atoms with Gasteiger partial charge in [-0.3, -0.25) is 0 Å². The van der Waals surface area contributed by atoms with Crippen LogP contribution in [0.3, 0.4) is 0 Å². The number of hydrogen-bond donors (Lipinski definition) is 0. The molecule has 0 radical (unpaired) electrons. The molecule has 2 aromatic rings. The average Bonchev–Trinajstić information content (AvgIpc) is 2.89. The molecule has 0 aliphatic carbocycles. The van der Waals surface area contributed by atoms with Gasteiger partial charge in [0.25, 0.3) is 0 Å². The molecule has 1 heterocycles. The molecule has 0 bridgehead atoms. The predicted octanol–water partition coefficient (Wildman–Crippen LogP) is 3.13. The van der Waals surface area contributed by atoms with Crippen molar-refractivity contribution in [2.24, 2.45) is 0 Å². The van der Waals surface area contributed by atoms with E-state index in [1.54, 1.807) is 19.4 Å². The molecule has 0 aliphatic rings. The molecule has 0 fully saturated rings. The third kappa shape index (κ3) is 3.39. The number of methoxy groups -OCH3 is 1. The van der Waals surface area contributed by atoms with Crippen LogP contribution in [-0.4, -0.2) is 24.7 Å². The lowest BCUT2D eigenvalue weighted by atomic mass is 10.1. The Labute approximate surface area is 116 Å². The first kappa shape index (κ1) is 13.7. The highest BCUT2D eigenvalue weighted by atomic mass is 32.1. The molecule has 0 aliphatic heterocycles. The fourth-order valence-corrected chi connectivity index (χ4v) is 2.45. The van der Waals surface area contributed by atoms with Crippen molar-refractivity contribution in [3.8, 4) is 10.6 Å². The Morgan fingerprint density at radius 2 is 2.26 bits per heavy atom. The molecule has 1 aromatic heterocycles. The number of thiazole rings is 1. The summed E-state index contributed by atoms with van der Waals surface area (Å²) in [5.74, 6) is -0.377. The first-order chi connectivity index (χ1) is 9.24. The van der Waals surface area contributed by atoms with Crippen LogP contribution in [0.25, 0.3) is 10.6 Å². The number of ether oxygens (including phenoxy) is 2. The van der Waals surface area contributed by atoms with E-state index in [0.29, 0.717) is 18.9 Å². The Bertz CT molecular complexity index is 565.